The zero-order chi connectivity index (χ0) is 14.4. The van der Waals surface area contributed by atoms with Crippen LogP contribution >= 0.6 is 0 Å². The van der Waals surface area contributed by atoms with Gasteiger partial charge in [0, 0.05) is 5.56 Å². The van der Waals surface area contributed by atoms with Gasteiger partial charge in [-0.3, -0.25) is 0 Å². The number of hydrogen-bond donors (Lipinski definition) is 0. The predicted octanol–water partition coefficient (Wildman–Crippen LogP) is 1.78. The first kappa shape index (κ1) is 14.2. The van der Waals surface area contributed by atoms with Gasteiger partial charge < -0.3 is 0 Å². The van der Waals surface area contributed by atoms with E-state index in [1.54, 1.807) is 0 Å². The van der Waals surface area contributed by atoms with Crippen LogP contribution in [0.4, 0.5) is 4.39 Å². The molecule has 0 unspecified atom stereocenters. The van der Waals surface area contributed by atoms with E-state index < -0.39 is 36.5 Å². The highest BCUT2D eigenvalue weighted by Crippen LogP contribution is 2.35. The highest BCUT2D eigenvalue weighted by Gasteiger charge is 2.34. The molecule has 0 aromatic heterocycles. The van der Waals surface area contributed by atoms with Crippen LogP contribution in [-0.4, -0.2) is 27.8 Å². The third kappa shape index (κ3) is 2.32. The van der Waals surface area contributed by atoms with E-state index in [-0.39, 0.29) is 15.4 Å². The van der Waals surface area contributed by atoms with E-state index in [0.29, 0.717) is 0 Å². The Morgan fingerprint density at radius 3 is 2.42 bits per heavy atom. The zero-order valence-corrected chi connectivity index (χ0v) is 12.1. The van der Waals surface area contributed by atoms with Crippen LogP contribution in [0.3, 0.4) is 0 Å². The standard InChI is InChI=1S/C12H13FO4S2/c1-8(2)18(14,15)7-9-6-10-11(13)4-3-5-12(10)19(9,16)17/h3-6,8H,7H2,1-2H3. The second-order valence-corrected chi connectivity index (χ2v) is 9.15. The molecule has 19 heavy (non-hydrogen) atoms. The summed E-state index contributed by atoms with van der Waals surface area (Å²) < 4.78 is 61.4. The summed E-state index contributed by atoms with van der Waals surface area (Å²) in [6.45, 7) is 2.95. The Labute approximate surface area is 111 Å². The lowest BCUT2D eigenvalue weighted by molar-refractivity contribution is 0.586. The first-order chi connectivity index (χ1) is 8.66. The molecule has 0 bridgehead atoms. The molecule has 104 valence electrons. The maximum Gasteiger partial charge on any atom is 0.204 e. The van der Waals surface area contributed by atoms with Crippen molar-refractivity contribution in [2.24, 2.45) is 0 Å². The molecule has 2 rings (SSSR count). The van der Waals surface area contributed by atoms with Crippen molar-refractivity contribution < 1.29 is 21.2 Å². The predicted molar refractivity (Wildman–Crippen MR) is 70.5 cm³/mol. The van der Waals surface area contributed by atoms with Gasteiger partial charge in [-0.05, 0) is 32.1 Å². The maximum atomic E-state index is 13.5. The molecule has 4 nitrogen and oxygen atoms in total. The molecule has 0 atom stereocenters. The lowest BCUT2D eigenvalue weighted by Crippen LogP contribution is -2.21. The number of hydrogen-bond acceptors (Lipinski definition) is 4. The number of benzene rings is 1. The Balaban J connectivity index is 2.53. The highest BCUT2D eigenvalue weighted by atomic mass is 32.2. The third-order valence-corrected chi connectivity index (χ3v) is 7.23. The van der Waals surface area contributed by atoms with Gasteiger partial charge in [0.2, 0.25) is 9.84 Å². The summed E-state index contributed by atoms with van der Waals surface area (Å²) in [4.78, 5) is -0.428. The maximum absolute atomic E-state index is 13.5. The summed E-state index contributed by atoms with van der Waals surface area (Å²) in [6, 6.07) is 3.71. The van der Waals surface area contributed by atoms with Crippen LogP contribution in [-0.2, 0) is 19.7 Å². The van der Waals surface area contributed by atoms with Crippen molar-refractivity contribution in [3.63, 3.8) is 0 Å². The van der Waals surface area contributed by atoms with Crippen LogP contribution in [0.15, 0.2) is 28.0 Å². The molecule has 1 aromatic rings. The molecule has 0 fully saturated rings. The number of fused-ring (bicyclic) bond motifs is 1. The third-order valence-electron chi connectivity index (χ3n) is 3.01. The van der Waals surface area contributed by atoms with Crippen molar-refractivity contribution in [2.75, 3.05) is 5.75 Å². The van der Waals surface area contributed by atoms with E-state index in [0.717, 1.165) is 12.1 Å². The minimum absolute atomic E-state index is 0.0588. The molecular weight excluding hydrogens is 291 g/mol. The molecule has 0 radical (unpaired) electrons. The van der Waals surface area contributed by atoms with Gasteiger partial charge in [0.25, 0.3) is 0 Å². The van der Waals surface area contributed by atoms with Crippen molar-refractivity contribution >= 4 is 25.8 Å². The fourth-order valence-corrected chi connectivity index (χ4v) is 4.94. The Kier molecular flexibility index (Phi) is 3.30. The van der Waals surface area contributed by atoms with E-state index in [1.165, 1.54) is 26.0 Å². The second-order valence-electron chi connectivity index (χ2n) is 4.62. The lowest BCUT2D eigenvalue weighted by Gasteiger charge is -2.08. The summed E-state index contributed by atoms with van der Waals surface area (Å²) in [5.41, 5.74) is -0.0588. The smallest absolute Gasteiger partial charge is 0.204 e. The Morgan fingerprint density at radius 1 is 1.26 bits per heavy atom. The fourth-order valence-electron chi connectivity index (χ4n) is 1.76. The second kappa shape index (κ2) is 4.42. The number of sulfone groups is 2. The molecule has 7 heteroatoms. The molecule has 1 aromatic carbocycles. The fraction of sp³-hybridized carbons (Fsp3) is 0.333. The summed E-state index contributed by atoms with van der Waals surface area (Å²) in [5, 5.41) is -0.683. The first-order valence-electron chi connectivity index (χ1n) is 5.62. The SMILES string of the molecule is CC(C)S(=O)(=O)CC1=Cc2c(F)cccc2S1(=O)=O. The van der Waals surface area contributed by atoms with E-state index in [1.807, 2.05) is 0 Å². The minimum atomic E-state index is -3.89. The molecule has 1 aliphatic heterocycles. The van der Waals surface area contributed by atoms with Crippen molar-refractivity contribution in [1.29, 1.82) is 0 Å². The van der Waals surface area contributed by atoms with Crippen molar-refractivity contribution in [1.82, 2.24) is 0 Å². The van der Waals surface area contributed by atoms with Gasteiger partial charge >= 0.3 is 0 Å². The van der Waals surface area contributed by atoms with Crippen LogP contribution in [0, 0.1) is 5.82 Å². The van der Waals surface area contributed by atoms with Crippen molar-refractivity contribution in [3.8, 4) is 0 Å². The van der Waals surface area contributed by atoms with Gasteiger partial charge in [0.15, 0.2) is 9.84 Å². The number of halogens is 1. The van der Waals surface area contributed by atoms with Gasteiger partial charge in [0.1, 0.15) is 5.82 Å². The molecule has 0 spiro atoms. The Hall–Kier alpha value is -1.21. The molecular formula is C12H13FO4S2. The van der Waals surface area contributed by atoms with Crippen LogP contribution < -0.4 is 0 Å². The van der Waals surface area contributed by atoms with E-state index in [9.17, 15) is 21.2 Å². The highest BCUT2D eigenvalue weighted by molar-refractivity contribution is 7.98. The topological polar surface area (TPSA) is 68.3 Å². The average Bonchev–Trinajstić information content (AvgIpc) is 2.53. The minimum Gasteiger partial charge on any atom is -0.228 e. The Morgan fingerprint density at radius 2 is 1.89 bits per heavy atom. The van der Waals surface area contributed by atoms with Crippen LogP contribution in [0.1, 0.15) is 19.4 Å². The van der Waals surface area contributed by atoms with Gasteiger partial charge in [0.05, 0.1) is 20.8 Å². The van der Waals surface area contributed by atoms with E-state index in [2.05, 4.69) is 0 Å². The quantitative estimate of drug-likeness (QED) is 0.853. The average molecular weight is 304 g/mol. The first-order valence-corrected chi connectivity index (χ1v) is 8.82. The zero-order valence-electron chi connectivity index (χ0n) is 10.4. The van der Waals surface area contributed by atoms with E-state index >= 15 is 0 Å². The summed E-state index contributed by atoms with van der Waals surface area (Å²) >= 11 is 0. The summed E-state index contributed by atoms with van der Waals surface area (Å²) in [7, 11) is -7.45. The summed E-state index contributed by atoms with van der Waals surface area (Å²) in [6.07, 6.45) is 1.11. The van der Waals surface area contributed by atoms with Gasteiger partial charge in [-0.2, -0.15) is 0 Å². The number of rotatable bonds is 3. The van der Waals surface area contributed by atoms with E-state index in [4.69, 9.17) is 0 Å². The van der Waals surface area contributed by atoms with Crippen LogP contribution in [0.5, 0.6) is 0 Å². The molecule has 0 amide bonds. The van der Waals surface area contributed by atoms with Gasteiger partial charge in [-0.1, -0.05) is 6.07 Å². The molecule has 0 saturated carbocycles. The van der Waals surface area contributed by atoms with Crippen molar-refractivity contribution in [2.45, 2.75) is 24.0 Å². The van der Waals surface area contributed by atoms with Gasteiger partial charge in [-0.25, -0.2) is 21.2 Å². The van der Waals surface area contributed by atoms with Crippen LogP contribution in [0.2, 0.25) is 0 Å². The van der Waals surface area contributed by atoms with Crippen LogP contribution in [0.25, 0.3) is 6.08 Å². The molecule has 1 aliphatic rings. The largest absolute Gasteiger partial charge is 0.228 e. The Bertz CT molecular complexity index is 759. The van der Waals surface area contributed by atoms with Gasteiger partial charge in [-0.15, -0.1) is 0 Å². The lowest BCUT2D eigenvalue weighted by atomic mass is 10.2. The molecule has 0 N–H and O–H groups in total. The monoisotopic (exact) mass is 304 g/mol. The molecule has 0 saturated heterocycles. The molecule has 0 aliphatic carbocycles. The summed E-state index contributed by atoms with van der Waals surface area (Å²) in [5.74, 6) is -1.26. The molecule has 1 heterocycles. The normalized spacial score (nSPS) is 17.4. The van der Waals surface area contributed by atoms with Crippen molar-refractivity contribution in [3.05, 3.63) is 34.5 Å².